The molecule has 0 aliphatic heterocycles. The minimum absolute atomic E-state index is 0.109. The molecule has 6 heteroatoms. The minimum Gasteiger partial charge on any atom is -0.493 e. The molecular weight excluding hydrogens is 278 g/mol. The van der Waals surface area contributed by atoms with E-state index in [9.17, 15) is 4.79 Å². The number of hydrogen-bond acceptors (Lipinski definition) is 3. The summed E-state index contributed by atoms with van der Waals surface area (Å²) in [6.45, 7) is 2.18. The van der Waals surface area contributed by atoms with Crippen molar-refractivity contribution in [3.63, 3.8) is 0 Å². The fourth-order valence-corrected chi connectivity index (χ4v) is 1.85. The molecule has 1 N–H and O–H groups in total. The summed E-state index contributed by atoms with van der Waals surface area (Å²) in [7, 11) is 1.78. The van der Waals surface area contributed by atoms with Crippen LogP contribution in [0.2, 0.25) is 5.02 Å². The molecule has 2 rings (SSSR count). The molecule has 1 heterocycles. The summed E-state index contributed by atoms with van der Waals surface area (Å²) in [4.78, 5) is 11.8. The van der Waals surface area contributed by atoms with E-state index < -0.39 is 0 Å². The lowest BCUT2D eigenvalue weighted by molar-refractivity contribution is -0.116. The number of ether oxygens (including phenoxy) is 1. The lowest BCUT2D eigenvalue weighted by Crippen LogP contribution is -2.17. The third-order valence-electron chi connectivity index (χ3n) is 2.68. The smallest absolute Gasteiger partial charge is 0.228 e. The van der Waals surface area contributed by atoms with Gasteiger partial charge in [-0.15, -0.1) is 0 Å². The maximum absolute atomic E-state index is 11.8. The van der Waals surface area contributed by atoms with E-state index >= 15 is 0 Å². The number of nitrogens with one attached hydrogen (secondary N) is 1. The van der Waals surface area contributed by atoms with E-state index in [-0.39, 0.29) is 12.3 Å². The zero-order valence-electron chi connectivity index (χ0n) is 11.4. The molecule has 20 heavy (non-hydrogen) atoms. The Morgan fingerprint density at radius 3 is 2.70 bits per heavy atom. The predicted molar refractivity (Wildman–Crippen MR) is 78.1 cm³/mol. The van der Waals surface area contributed by atoms with Crippen LogP contribution in [0.4, 0.5) is 5.82 Å². The molecule has 0 atom stereocenters. The zero-order valence-corrected chi connectivity index (χ0v) is 12.1. The van der Waals surface area contributed by atoms with Crippen molar-refractivity contribution in [1.82, 2.24) is 9.78 Å². The lowest BCUT2D eigenvalue weighted by Gasteiger charge is -2.07. The van der Waals surface area contributed by atoms with Crippen LogP contribution in [0.5, 0.6) is 5.75 Å². The number of aromatic nitrogens is 2. The monoisotopic (exact) mass is 293 g/mol. The Hall–Kier alpha value is -2.01. The molecule has 1 aromatic carbocycles. The van der Waals surface area contributed by atoms with Gasteiger partial charge in [-0.2, -0.15) is 5.10 Å². The van der Waals surface area contributed by atoms with Crippen molar-refractivity contribution in [2.24, 2.45) is 7.05 Å². The molecule has 0 aliphatic rings. The van der Waals surface area contributed by atoms with Gasteiger partial charge in [0.1, 0.15) is 11.6 Å². The number of amides is 1. The van der Waals surface area contributed by atoms with Crippen LogP contribution in [0.3, 0.4) is 0 Å². The number of hydrogen-bond donors (Lipinski definition) is 1. The average molecular weight is 294 g/mol. The van der Waals surface area contributed by atoms with Crippen LogP contribution in [0, 0.1) is 6.92 Å². The Labute approximate surface area is 122 Å². The van der Waals surface area contributed by atoms with Gasteiger partial charge >= 0.3 is 0 Å². The molecule has 0 radical (unpaired) electrons. The second-order valence-corrected chi connectivity index (χ2v) is 4.83. The highest BCUT2D eigenvalue weighted by molar-refractivity contribution is 6.30. The minimum atomic E-state index is -0.109. The van der Waals surface area contributed by atoms with E-state index in [1.165, 1.54) is 0 Å². The maximum atomic E-state index is 11.8. The van der Waals surface area contributed by atoms with Crippen molar-refractivity contribution >= 4 is 23.3 Å². The summed E-state index contributed by atoms with van der Waals surface area (Å²) in [5.41, 5.74) is 0.861. The number of anilines is 1. The van der Waals surface area contributed by atoms with Gasteiger partial charge in [0.2, 0.25) is 5.91 Å². The van der Waals surface area contributed by atoms with Crippen LogP contribution in [0.1, 0.15) is 12.1 Å². The Bertz CT molecular complexity index is 593. The van der Waals surface area contributed by atoms with Gasteiger partial charge in [-0.3, -0.25) is 9.48 Å². The first-order chi connectivity index (χ1) is 9.54. The van der Waals surface area contributed by atoms with E-state index in [4.69, 9.17) is 16.3 Å². The first kappa shape index (κ1) is 14.4. The fourth-order valence-electron chi connectivity index (χ4n) is 1.73. The van der Waals surface area contributed by atoms with Crippen LogP contribution in [0.15, 0.2) is 30.3 Å². The molecule has 1 aromatic heterocycles. The lowest BCUT2D eigenvalue weighted by atomic mass is 10.3. The summed E-state index contributed by atoms with van der Waals surface area (Å²) in [5.74, 6) is 1.26. The summed E-state index contributed by atoms with van der Waals surface area (Å²) >= 11 is 5.78. The van der Waals surface area contributed by atoms with Crippen molar-refractivity contribution in [2.45, 2.75) is 13.3 Å². The van der Waals surface area contributed by atoms with E-state index in [1.807, 2.05) is 13.0 Å². The summed E-state index contributed by atoms with van der Waals surface area (Å²) < 4.78 is 7.10. The topological polar surface area (TPSA) is 56.1 Å². The Balaban J connectivity index is 1.78. The second-order valence-electron chi connectivity index (χ2n) is 4.40. The summed E-state index contributed by atoms with van der Waals surface area (Å²) in [6.07, 6.45) is 0.271. The standard InChI is InChI=1S/C14H16ClN3O2/c1-10-9-13(18(2)17-10)16-14(19)7-8-20-12-5-3-11(15)4-6-12/h3-6,9H,7-8H2,1-2H3,(H,16,19). The quantitative estimate of drug-likeness (QED) is 0.922. The van der Waals surface area contributed by atoms with Crippen LogP contribution < -0.4 is 10.1 Å². The molecule has 106 valence electrons. The number of aryl methyl sites for hydroxylation is 2. The van der Waals surface area contributed by atoms with Crippen molar-refractivity contribution in [3.05, 3.63) is 41.0 Å². The van der Waals surface area contributed by atoms with Crippen molar-refractivity contribution in [2.75, 3.05) is 11.9 Å². The van der Waals surface area contributed by atoms with Gasteiger partial charge in [0.15, 0.2) is 0 Å². The normalized spacial score (nSPS) is 10.3. The van der Waals surface area contributed by atoms with Crippen molar-refractivity contribution < 1.29 is 9.53 Å². The highest BCUT2D eigenvalue weighted by Gasteiger charge is 2.07. The Morgan fingerprint density at radius 2 is 2.10 bits per heavy atom. The van der Waals surface area contributed by atoms with Gasteiger partial charge in [-0.25, -0.2) is 0 Å². The molecule has 0 saturated heterocycles. The molecule has 1 amide bonds. The van der Waals surface area contributed by atoms with E-state index in [1.54, 1.807) is 36.0 Å². The highest BCUT2D eigenvalue weighted by Crippen LogP contribution is 2.15. The van der Waals surface area contributed by atoms with Crippen molar-refractivity contribution in [1.29, 1.82) is 0 Å². The number of carbonyl (C=O) groups is 1. The van der Waals surface area contributed by atoms with E-state index in [0.29, 0.717) is 23.2 Å². The van der Waals surface area contributed by atoms with E-state index in [2.05, 4.69) is 10.4 Å². The average Bonchev–Trinajstić information content (AvgIpc) is 2.70. The van der Waals surface area contributed by atoms with Crippen LogP contribution in [0.25, 0.3) is 0 Å². The van der Waals surface area contributed by atoms with Crippen molar-refractivity contribution in [3.8, 4) is 5.75 Å². The van der Waals surface area contributed by atoms with Crippen LogP contribution >= 0.6 is 11.6 Å². The third kappa shape index (κ3) is 3.99. The number of carbonyl (C=O) groups excluding carboxylic acids is 1. The first-order valence-electron chi connectivity index (χ1n) is 6.23. The van der Waals surface area contributed by atoms with Crippen LogP contribution in [-0.4, -0.2) is 22.3 Å². The Kier molecular flexibility index (Phi) is 4.63. The largest absolute Gasteiger partial charge is 0.493 e. The molecule has 0 fully saturated rings. The Morgan fingerprint density at radius 1 is 1.40 bits per heavy atom. The highest BCUT2D eigenvalue weighted by atomic mass is 35.5. The van der Waals surface area contributed by atoms with Gasteiger partial charge in [0.25, 0.3) is 0 Å². The maximum Gasteiger partial charge on any atom is 0.228 e. The number of rotatable bonds is 5. The van der Waals surface area contributed by atoms with Gasteiger partial charge in [-0.1, -0.05) is 11.6 Å². The SMILES string of the molecule is Cc1cc(NC(=O)CCOc2ccc(Cl)cc2)n(C)n1. The zero-order chi connectivity index (χ0) is 14.5. The predicted octanol–water partition coefficient (Wildman–Crippen LogP) is 2.79. The van der Waals surface area contributed by atoms with Gasteiger partial charge in [0.05, 0.1) is 18.7 Å². The first-order valence-corrected chi connectivity index (χ1v) is 6.61. The van der Waals surface area contributed by atoms with Gasteiger partial charge < -0.3 is 10.1 Å². The number of nitrogens with zero attached hydrogens (tertiary/aromatic N) is 2. The van der Waals surface area contributed by atoms with Gasteiger partial charge in [0, 0.05) is 18.1 Å². The summed E-state index contributed by atoms with van der Waals surface area (Å²) in [5, 5.41) is 7.60. The molecule has 0 saturated carbocycles. The second kappa shape index (κ2) is 6.43. The molecule has 2 aromatic rings. The molecule has 5 nitrogen and oxygen atoms in total. The number of halogens is 1. The molecule has 0 spiro atoms. The third-order valence-corrected chi connectivity index (χ3v) is 2.93. The molecule has 0 unspecified atom stereocenters. The number of benzene rings is 1. The molecule has 0 bridgehead atoms. The fraction of sp³-hybridized carbons (Fsp3) is 0.286. The summed E-state index contributed by atoms with van der Waals surface area (Å²) in [6, 6.07) is 8.85. The molecular formula is C14H16ClN3O2. The molecule has 0 aliphatic carbocycles. The van der Waals surface area contributed by atoms with E-state index in [0.717, 1.165) is 5.69 Å². The van der Waals surface area contributed by atoms with Crippen LogP contribution in [-0.2, 0) is 11.8 Å². The van der Waals surface area contributed by atoms with Gasteiger partial charge in [-0.05, 0) is 31.2 Å².